The number of nitrogens with zero attached hydrogens (tertiary/aromatic N) is 4. The first-order chi connectivity index (χ1) is 14.8. The highest BCUT2D eigenvalue weighted by molar-refractivity contribution is 6.30. The number of carbonyl (C=O) groups excluding carboxylic acids is 1. The van der Waals surface area contributed by atoms with E-state index in [-0.39, 0.29) is 5.91 Å². The van der Waals surface area contributed by atoms with E-state index in [0.29, 0.717) is 37.0 Å². The van der Waals surface area contributed by atoms with Crippen molar-refractivity contribution in [1.82, 2.24) is 15.1 Å². The summed E-state index contributed by atoms with van der Waals surface area (Å²) < 4.78 is 38.1. The summed E-state index contributed by atoms with van der Waals surface area (Å²) in [5, 5.41) is 11.1. The molecule has 0 atom stereocenters. The lowest BCUT2D eigenvalue weighted by Gasteiger charge is -2.40. The summed E-state index contributed by atoms with van der Waals surface area (Å²) in [6, 6.07) is 9.59. The Bertz CT molecular complexity index is 906. The second-order valence-corrected chi connectivity index (χ2v) is 8.41. The van der Waals surface area contributed by atoms with Crippen molar-refractivity contribution < 1.29 is 18.0 Å². The summed E-state index contributed by atoms with van der Waals surface area (Å²) in [5.41, 5.74) is -0.788. The number of rotatable bonds is 4. The van der Waals surface area contributed by atoms with Crippen LogP contribution in [-0.2, 0) is 11.0 Å². The maximum Gasteiger partial charge on any atom is 0.435 e. The average molecular weight is 454 g/mol. The minimum Gasteiger partial charge on any atom is -0.371 e. The van der Waals surface area contributed by atoms with E-state index in [2.05, 4.69) is 15.5 Å². The van der Waals surface area contributed by atoms with Crippen molar-refractivity contribution in [3.63, 3.8) is 0 Å². The Morgan fingerprint density at radius 2 is 1.61 bits per heavy atom. The van der Waals surface area contributed by atoms with Crippen molar-refractivity contribution in [2.75, 3.05) is 36.4 Å². The van der Waals surface area contributed by atoms with E-state index in [1.165, 1.54) is 6.07 Å². The highest BCUT2D eigenvalue weighted by atomic mass is 35.5. The van der Waals surface area contributed by atoms with Gasteiger partial charge in [0.05, 0.1) is 0 Å². The van der Waals surface area contributed by atoms with Gasteiger partial charge in [0.2, 0.25) is 5.91 Å². The molecule has 4 rings (SSSR count). The number of hydrogen-bond donors (Lipinski definition) is 1. The van der Waals surface area contributed by atoms with Gasteiger partial charge in [-0.3, -0.25) is 4.79 Å². The maximum absolute atomic E-state index is 13.5. The first-order valence-electron chi connectivity index (χ1n) is 10.3. The normalized spacial score (nSPS) is 18.8. The fourth-order valence-electron chi connectivity index (χ4n) is 4.27. The van der Waals surface area contributed by atoms with Gasteiger partial charge in [-0.1, -0.05) is 24.4 Å². The van der Waals surface area contributed by atoms with Gasteiger partial charge in [-0.15, -0.1) is 10.2 Å². The van der Waals surface area contributed by atoms with Crippen molar-refractivity contribution in [1.29, 1.82) is 0 Å². The van der Waals surface area contributed by atoms with E-state index in [9.17, 15) is 18.0 Å². The molecule has 2 aromatic rings. The monoisotopic (exact) mass is 453 g/mol. The van der Waals surface area contributed by atoms with Crippen LogP contribution < -0.4 is 10.2 Å². The highest BCUT2D eigenvalue weighted by Gasteiger charge is 2.44. The van der Waals surface area contributed by atoms with Crippen LogP contribution in [0.15, 0.2) is 36.4 Å². The van der Waals surface area contributed by atoms with Gasteiger partial charge in [0.25, 0.3) is 0 Å². The molecule has 1 aliphatic carbocycles. The molecule has 1 aromatic carbocycles. The fourth-order valence-corrected chi connectivity index (χ4v) is 4.39. The summed E-state index contributed by atoms with van der Waals surface area (Å²) in [4.78, 5) is 17.1. The molecule has 1 aliphatic heterocycles. The third kappa shape index (κ3) is 4.71. The summed E-state index contributed by atoms with van der Waals surface area (Å²) in [6.45, 7) is 1.93. The number of anilines is 2. The van der Waals surface area contributed by atoms with Crippen molar-refractivity contribution in [3.8, 4) is 0 Å². The highest BCUT2D eigenvalue weighted by Crippen LogP contribution is 2.35. The van der Waals surface area contributed by atoms with Crippen molar-refractivity contribution in [2.24, 2.45) is 0 Å². The molecule has 2 heterocycles. The number of carbonyl (C=O) groups is 1. The molecule has 0 unspecified atom stereocenters. The lowest BCUT2D eigenvalue weighted by atomic mass is 9.94. The molecule has 31 heavy (non-hydrogen) atoms. The number of nitrogens with one attached hydrogen (secondary N) is 1. The number of piperazine rings is 1. The number of hydrogen-bond acceptors (Lipinski definition) is 5. The van der Waals surface area contributed by atoms with Gasteiger partial charge in [0.15, 0.2) is 11.5 Å². The Morgan fingerprint density at radius 1 is 0.968 bits per heavy atom. The molecule has 0 radical (unpaired) electrons. The van der Waals surface area contributed by atoms with E-state index in [4.69, 9.17) is 11.6 Å². The van der Waals surface area contributed by atoms with Crippen LogP contribution in [0.25, 0.3) is 0 Å². The molecule has 1 aromatic heterocycles. The van der Waals surface area contributed by atoms with Crippen LogP contribution in [0.3, 0.4) is 0 Å². The van der Waals surface area contributed by atoms with E-state index >= 15 is 0 Å². The van der Waals surface area contributed by atoms with Gasteiger partial charge < -0.3 is 15.1 Å². The van der Waals surface area contributed by atoms with Crippen molar-refractivity contribution in [2.45, 2.75) is 37.4 Å². The number of benzene rings is 1. The quantitative estimate of drug-likeness (QED) is 0.751. The summed E-state index contributed by atoms with van der Waals surface area (Å²) in [7, 11) is 0. The minimum atomic E-state index is -4.51. The van der Waals surface area contributed by atoms with E-state index in [1.807, 2.05) is 21.9 Å². The van der Waals surface area contributed by atoms with Crippen LogP contribution in [0, 0.1) is 0 Å². The molecule has 10 heteroatoms. The van der Waals surface area contributed by atoms with Crippen LogP contribution in [-0.4, -0.2) is 52.7 Å². The molecule has 1 amide bonds. The maximum atomic E-state index is 13.5. The minimum absolute atomic E-state index is 0.0677. The Labute approximate surface area is 183 Å². The van der Waals surface area contributed by atoms with E-state index in [0.717, 1.165) is 37.4 Å². The third-order valence-electron chi connectivity index (χ3n) is 5.93. The Kier molecular flexibility index (Phi) is 5.96. The predicted octanol–water partition coefficient (Wildman–Crippen LogP) is 4.22. The topological polar surface area (TPSA) is 61.4 Å². The summed E-state index contributed by atoms with van der Waals surface area (Å²) in [5.74, 6) is 0.452. The average Bonchev–Trinajstić information content (AvgIpc) is 3.24. The van der Waals surface area contributed by atoms with Gasteiger partial charge in [0.1, 0.15) is 5.54 Å². The van der Waals surface area contributed by atoms with Crippen LogP contribution in [0.5, 0.6) is 0 Å². The lowest BCUT2D eigenvalue weighted by Crippen LogP contribution is -2.57. The summed E-state index contributed by atoms with van der Waals surface area (Å²) in [6.07, 6.45) is -1.03. The SMILES string of the molecule is O=C(N1CCN(c2ccc(C(F)(F)F)nn2)CC1)C1(Nc2ccc(Cl)cc2)CCCC1. The fraction of sp³-hybridized carbons (Fsp3) is 0.476. The van der Waals surface area contributed by atoms with Gasteiger partial charge in [-0.05, 0) is 49.2 Å². The van der Waals surface area contributed by atoms with Gasteiger partial charge in [-0.25, -0.2) is 0 Å². The molecule has 2 aliphatic rings. The standard InChI is InChI=1S/C21H23ClF3N5O/c22-15-3-5-16(6-4-15)26-20(9-1-2-10-20)19(31)30-13-11-29(12-14-30)18-8-7-17(27-28-18)21(23,24)25/h3-8,26H,1-2,9-14H2. The third-order valence-corrected chi connectivity index (χ3v) is 6.18. The molecule has 6 nitrogen and oxygen atoms in total. The molecule has 2 fully saturated rings. The van der Waals surface area contributed by atoms with E-state index < -0.39 is 17.4 Å². The van der Waals surface area contributed by atoms with Crippen LogP contribution in [0.4, 0.5) is 24.7 Å². The number of aromatic nitrogens is 2. The zero-order valence-corrected chi connectivity index (χ0v) is 17.6. The Balaban J connectivity index is 1.41. The summed E-state index contributed by atoms with van der Waals surface area (Å²) >= 11 is 5.97. The van der Waals surface area contributed by atoms with Crippen molar-refractivity contribution in [3.05, 3.63) is 47.1 Å². The second-order valence-electron chi connectivity index (χ2n) is 7.97. The molecular weight excluding hydrogens is 431 g/mol. The molecule has 166 valence electrons. The van der Waals surface area contributed by atoms with Crippen molar-refractivity contribution >= 4 is 29.0 Å². The Morgan fingerprint density at radius 3 is 2.16 bits per heavy atom. The largest absolute Gasteiger partial charge is 0.435 e. The van der Waals surface area contributed by atoms with Crippen LogP contribution in [0.1, 0.15) is 31.4 Å². The van der Waals surface area contributed by atoms with E-state index in [1.54, 1.807) is 12.1 Å². The second kappa shape index (κ2) is 8.53. The van der Waals surface area contributed by atoms with Gasteiger partial charge in [-0.2, -0.15) is 13.2 Å². The number of alkyl halides is 3. The first-order valence-corrected chi connectivity index (χ1v) is 10.6. The molecule has 1 saturated carbocycles. The smallest absolute Gasteiger partial charge is 0.371 e. The molecule has 0 bridgehead atoms. The number of halogens is 4. The first kappa shape index (κ1) is 21.7. The molecule has 1 N–H and O–H groups in total. The molecular formula is C21H23ClF3N5O. The van der Waals surface area contributed by atoms with Gasteiger partial charge >= 0.3 is 6.18 Å². The zero-order chi connectivity index (χ0) is 22.1. The molecule has 1 saturated heterocycles. The predicted molar refractivity (Wildman–Crippen MR) is 112 cm³/mol. The van der Waals surface area contributed by atoms with Gasteiger partial charge in [0, 0.05) is 36.9 Å². The lowest BCUT2D eigenvalue weighted by molar-refractivity contribution is -0.141. The van der Waals surface area contributed by atoms with Crippen LogP contribution >= 0.6 is 11.6 Å². The number of amides is 1. The van der Waals surface area contributed by atoms with Crippen LogP contribution in [0.2, 0.25) is 5.02 Å². The molecule has 0 spiro atoms. The Hall–Kier alpha value is -2.55. The zero-order valence-electron chi connectivity index (χ0n) is 16.8.